The third kappa shape index (κ3) is 4.70. The molecule has 3 amide bonds. The topological polar surface area (TPSA) is 105 Å². The van der Waals surface area contributed by atoms with Gasteiger partial charge in [0.15, 0.2) is 6.17 Å². The van der Waals surface area contributed by atoms with Crippen LogP contribution in [0.3, 0.4) is 0 Å². The lowest BCUT2D eigenvalue weighted by molar-refractivity contribution is -0.155. The molecule has 1 aromatic carbocycles. The number of hydrogen-bond donors (Lipinski definition) is 2. The molecule has 0 saturated carbocycles. The Hall–Kier alpha value is -2.59. The lowest BCUT2D eigenvalue weighted by Gasteiger charge is -2.43. The van der Waals surface area contributed by atoms with Gasteiger partial charge in [-0.1, -0.05) is 0 Å². The van der Waals surface area contributed by atoms with Crippen molar-refractivity contribution >= 4 is 17.7 Å². The van der Waals surface area contributed by atoms with Gasteiger partial charge in [-0.2, -0.15) is 0 Å². The molecule has 3 rings (SSSR count). The summed E-state index contributed by atoms with van der Waals surface area (Å²) in [5, 5.41) is 2.60. The summed E-state index contributed by atoms with van der Waals surface area (Å²) < 4.78 is 32.6. The van der Waals surface area contributed by atoms with Crippen molar-refractivity contribution in [3.8, 4) is 0 Å². The molecule has 2 heterocycles. The van der Waals surface area contributed by atoms with Crippen molar-refractivity contribution in [2.75, 3.05) is 32.8 Å². The van der Waals surface area contributed by atoms with Gasteiger partial charge < -0.3 is 25.6 Å². The predicted octanol–water partition coefficient (Wildman–Crippen LogP) is 0.219. The van der Waals surface area contributed by atoms with E-state index in [2.05, 4.69) is 5.32 Å². The Balaban J connectivity index is 1.91. The maximum Gasteiger partial charge on any atom is 0.263 e. The minimum atomic E-state index is -1.24. The number of nitrogens with two attached hydrogens (primary N) is 1. The van der Waals surface area contributed by atoms with Crippen LogP contribution in [0.1, 0.15) is 29.6 Å². The van der Waals surface area contributed by atoms with Crippen molar-refractivity contribution in [2.24, 2.45) is 5.73 Å². The zero-order valence-corrected chi connectivity index (χ0v) is 15.9. The Morgan fingerprint density at radius 3 is 2.41 bits per heavy atom. The van der Waals surface area contributed by atoms with E-state index in [0.717, 1.165) is 23.5 Å². The van der Waals surface area contributed by atoms with Gasteiger partial charge in [0.1, 0.15) is 17.7 Å². The van der Waals surface area contributed by atoms with Crippen LogP contribution >= 0.6 is 0 Å². The zero-order chi connectivity index (χ0) is 21.0. The fourth-order valence-corrected chi connectivity index (χ4v) is 3.64. The smallest absolute Gasteiger partial charge is 0.263 e. The molecule has 3 N–H and O–H groups in total. The molecule has 2 aliphatic rings. The third-order valence-corrected chi connectivity index (χ3v) is 4.93. The van der Waals surface area contributed by atoms with E-state index in [9.17, 15) is 23.2 Å². The molecule has 0 aromatic heterocycles. The first-order valence-corrected chi connectivity index (χ1v) is 9.59. The quantitative estimate of drug-likeness (QED) is 0.723. The molecule has 2 unspecified atom stereocenters. The Morgan fingerprint density at radius 2 is 1.79 bits per heavy atom. The van der Waals surface area contributed by atoms with Crippen molar-refractivity contribution in [3.63, 3.8) is 0 Å². The van der Waals surface area contributed by atoms with Crippen LogP contribution < -0.4 is 11.1 Å². The Morgan fingerprint density at radius 1 is 1.10 bits per heavy atom. The minimum absolute atomic E-state index is 0.160. The second-order valence-electron chi connectivity index (χ2n) is 7.00. The molecular weight excluding hydrogens is 386 g/mol. The van der Waals surface area contributed by atoms with Crippen LogP contribution in [0.5, 0.6) is 0 Å². The first-order valence-electron chi connectivity index (χ1n) is 9.59. The van der Waals surface area contributed by atoms with Gasteiger partial charge in [-0.25, -0.2) is 8.78 Å². The summed E-state index contributed by atoms with van der Waals surface area (Å²) >= 11 is 0. The largest absolute Gasteiger partial charge is 0.368 e. The van der Waals surface area contributed by atoms with Crippen molar-refractivity contribution in [1.82, 2.24) is 15.1 Å². The van der Waals surface area contributed by atoms with Crippen LogP contribution in [0.25, 0.3) is 0 Å². The maximum absolute atomic E-state index is 13.6. The molecule has 0 aliphatic carbocycles. The predicted molar refractivity (Wildman–Crippen MR) is 98.6 cm³/mol. The standard InChI is InChI=1S/C19H24F2N4O4/c20-13-9-12(10-14(21)11-13)18(27)24-6-2-7-25(17(24)16(26)23-5-4-22)19(28)15-3-1-8-29-15/h9-11,15,17H,1-8,22H2,(H,23,26). The van der Waals surface area contributed by atoms with Gasteiger partial charge in [0.05, 0.1) is 0 Å². The highest BCUT2D eigenvalue weighted by atomic mass is 19.1. The molecule has 2 aliphatic heterocycles. The third-order valence-electron chi connectivity index (χ3n) is 4.93. The molecule has 2 fully saturated rings. The summed E-state index contributed by atoms with van der Waals surface area (Å²) in [5.41, 5.74) is 5.21. The summed E-state index contributed by atoms with van der Waals surface area (Å²) in [6.45, 7) is 1.22. The fraction of sp³-hybridized carbons (Fsp3) is 0.526. The van der Waals surface area contributed by atoms with Crippen LogP contribution in [0, 0.1) is 11.6 Å². The summed E-state index contributed by atoms with van der Waals surface area (Å²) in [6.07, 6.45) is -0.218. The highest BCUT2D eigenvalue weighted by molar-refractivity contribution is 5.99. The summed E-state index contributed by atoms with van der Waals surface area (Å²) in [5.74, 6) is -3.49. The second-order valence-corrected chi connectivity index (χ2v) is 7.00. The van der Waals surface area contributed by atoms with E-state index in [1.807, 2.05) is 0 Å². The van der Waals surface area contributed by atoms with Gasteiger partial charge in [0, 0.05) is 44.4 Å². The fourth-order valence-electron chi connectivity index (χ4n) is 3.64. The van der Waals surface area contributed by atoms with Gasteiger partial charge in [-0.3, -0.25) is 14.4 Å². The van der Waals surface area contributed by atoms with Crippen molar-refractivity contribution in [1.29, 1.82) is 0 Å². The molecule has 29 heavy (non-hydrogen) atoms. The lowest BCUT2D eigenvalue weighted by Crippen LogP contribution is -2.65. The molecule has 0 radical (unpaired) electrons. The molecule has 10 heteroatoms. The Bertz CT molecular complexity index is 765. The first-order chi connectivity index (χ1) is 13.9. The minimum Gasteiger partial charge on any atom is -0.368 e. The van der Waals surface area contributed by atoms with E-state index in [4.69, 9.17) is 10.5 Å². The van der Waals surface area contributed by atoms with Crippen molar-refractivity contribution in [3.05, 3.63) is 35.4 Å². The van der Waals surface area contributed by atoms with E-state index in [0.29, 0.717) is 25.5 Å². The number of carbonyl (C=O) groups is 3. The number of hydrogen-bond acceptors (Lipinski definition) is 5. The summed E-state index contributed by atoms with van der Waals surface area (Å²) in [6, 6.07) is 2.47. The van der Waals surface area contributed by atoms with E-state index >= 15 is 0 Å². The van der Waals surface area contributed by atoms with Crippen LogP contribution in [0.4, 0.5) is 8.78 Å². The van der Waals surface area contributed by atoms with Crippen LogP contribution in [-0.2, 0) is 14.3 Å². The SMILES string of the molecule is NCCNC(=O)C1N(C(=O)c2cc(F)cc(F)c2)CCCN1C(=O)C1CCCO1. The molecule has 158 valence electrons. The average molecular weight is 410 g/mol. The molecule has 0 bridgehead atoms. The van der Waals surface area contributed by atoms with Gasteiger partial charge in [0.2, 0.25) is 0 Å². The number of ether oxygens (including phenoxy) is 1. The summed E-state index contributed by atoms with van der Waals surface area (Å²) in [4.78, 5) is 41.2. The van der Waals surface area contributed by atoms with Gasteiger partial charge >= 0.3 is 0 Å². The number of nitrogens with one attached hydrogen (secondary N) is 1. The van der Waals surface area contributed by atoms with E-state index in [-0.39, 0.29) is 37.6 Å². The van der Waals surface area contributed by atoms with Crippen LogP contribution in [0.2, 0.25) is 0 Å². The number of halogens is 2. The highest BCUT2D eigenvalue weighted by Crippen LogP contribution is 2.23. The molecular formula is C19H24F2N4O4. The van der Waals surface area contributed by atoms with E-state index < -0.39 is 35.7 Å². The Labute approximate surface area is 167 Å². The van der Waals surface area contributed by atoms with Crippen molar-refractivity contribution < 1.29 is 27.9 Å². The van der Waals surface area contributed by atoms with E-state index in [1.165, 1.54) is 4.90 Å². The van der Waals surface area contributed by atoms with Crippen molar-refractivity contribution in [2.45, 2.75) is 31.5 Å². The second kappa shape index (κ2) is 9.27. The average Bonchev–Trinajstić information content (AvgIpc) is 3.24. The number of benzene rings is 1. The van der Waals surface area contributed by atoms with Gasteiger partial charge in [-0.15, -0.1) is 0 Å². The Kier molecular flexibility index (Phi) is 6.75. The number of rotatable bonds is 5. The zero-order valence-electron chi connectivity index (χ0n) is 15.9. The van der Waals surface area contributed by atoms with Crippen LogP contribution in [0.15, 0.2) is 18.2 Å². The number of amides is 3. The monoisotopic (exact) mass is 410 g/mol. The molecule has 0 spiro atoms. The number of carbonyl (C=O) groups excluding carboxylic acids is 3. The van der Waals surface area contributed by atoms with Gasteiger partial charge in [-0.05, 0) is 31.4 Å². The molecule has 2 atom stereocenters. The summed E-state index contributed by atoms with van der Waals surface area (Å²) in [7, 11) is 0. The lowest BCUT2D eigenvalue weighted by atomic mass is 10.1. The molecule has 8 nitrogen and oxygen atoms in total. The highest BCUT2D eigenvalue weighted by Gasteiger charge is 2.43. The van der Waals surface area contributed by atoms with E-state index in [1.54, 1.807) is 0 Å². The van der Waals surface area contributed by atoms with Crippen LogP contribution in [-0.4, -0.2) is 72.6 Å². The molecule has 2 saturated heterocycles. The first kappa shape index (κ1) is 21.1. The normalized spacial score (nSPS) is 21.9. The maximum atomic E-state index is 13.6. The van der Waals surface area contributed by atoms with Gasteiger partial charge in [0.25, 0.3) is 17.7 Å². The number of nitrogens with zero attached hydrogens (tertiary/aromatic N) is 2. The molecule has 1 aromatic rings.